The average Bonchev–Trinajstić information content (AvgIpc) is 2.88. The van der Waals surface area contributed by atoms with Gasteiger partial charge in [-0.2, -0.15) is 11.8 Å². The molecule has 13 nitrogen and oxygen atoms in total. The van der Waals surface area contributed by atoms with Gasteiger partial charge in [-0.1, -0.05) is 26.7 Å². The summed E-state index contributed by atoms with van der Waals surface area (Å²) < 4.78 is 15.5. The van der Waals surface area contributed by atoms with Gasteiger partial charge in [-0.3, -0.25) is 28.8 Å². The topological polar surface area (TPSA) is 200 Å². The van der Waals surface area contributed by atoms with Gasteiger partial charge in [0.05, 0.1) is 31.7 Å². The summed E-state index contributed by atoms with van der Waals surface area (Å²) in [5.74, 6) is -5.04. The van der Waals surface area contributed by atoms with Crippen LogP contribution in [-0.4, -0.2) is 90.2 Å². The van der Waals surface area contributed by atoms with Crippen molar-refractivity contribution < 1.29 is 48.1 Å². The van der Waals surface area contributed by atoms with Crippen molar-refractivity contribution in [2.24, 2.45) is 11.7 Å². The molecule has 0 aliphatic carbocycles. The van der Waals surface area contributed by atoms with Gasteiger partial charge in [0.25, 0.3) is 0 Å². The first-order valence-corrected chi connectivity index (χ1v) is 14.7. The molecular formula is C26H45N3O10S. The van der Waals surface area contributed by atoms with E-state index in [0.29, 0.717) is 12.8 Å². The summed E-state index contributed by atoms with van der Waals surface area (Å²) in [6.07, 6.45) is 2.08. The molecule has 0 rings (SSSR count). The van der Waals surface area contributed by atoms with E-state index in [2.05, 4.69) is 10.6 Å². The van der Waals surface area contributed by atoms with Crippen LogP contribution in [-0.2, 0) is 43.0 Å². The summed E-state index contributed by atoms with van der Waals surface area (Å²) in [5.41, 5.74) is 5.44. The van der Waals surface area contributed by atoms with Gasteiger partial charge in [-0.15, -0.1) is 0 Å². The number of hydrogen-bond acceptors (Lipinski definition) is 11. The molecule has 5 N–H and O–H groups in total. The van der Waals surface area contributed by atoms with Gasteiger partial charge in [0, 0.05) is 17.9 Å². The van der Waals surface area contributed by atoms with Crippen LogP contribution >= 0.6 is 11.8 Å². The van der Waals surface area contributed by atoms with Crippen molar-refractivity contribution in [2.45, 2.75) is 90.8 Å². The van der Waals surface area contributed by atoms with E-state index in [1.54, 1.807) is 13.8 Å². The summed E-state index contributed by atoms with van der Waals surface area (Å²) in [6, 6.07) is -2.37. The lowest BCUT2D eigenvalue weighted by molar-refractivity contribution is -0.154. The van der Waals surface area contributed by atoms with Gasteiger partial charge < -0.3 is 35.7 Å². The zero-order chi connectivity index (χ0) is 30.5. The molecule has 0 saturated carbocycles. The maximum absolute atomic E-state index is 12.8. The lowest BCUT2D eigenvalue weighted by atomic mass is 10.1. The van der Waals surface area contributed by atoms with Crippen LogP contribution in [0.5, 0.6) is 0 Å². The number of carboxylic acids is 1. The van der Waals surface area contributed by atoms with Crippen LogP contribution < -0.4 is 16.4 Å². The number of nitrogens with two attached hydrogens (primary N) is 1. The predicted octanol–water partition coefficient (Wildman–Crippen LogP) is 1.16. The van der Waals surface area contributed by atoms with Crippen LogP contribution in [0.1, 0.15) is 72.6 Å². The Hall–Kier alpha value is -2.87. The third-order valence-electron chi connectivity index (χ3n) is 5.28. The van der Waals surface area contributed by atoms with E-state index in [9.17, 15) is 28.8 Å². The molecule has 0 saturated heterocycles. The molecule has 0 radical (unpaired) electrons. The third-order valence-corrected chi connectivity index (χ3v) is 6.49. The molecule has 14 heteroatoms. The van der Waals surface area contributed by atoms with Gasteiger partial charge in [0.2, 0.25) is 11.8 Å². The van der Waals surface area contributed by atoms with E-state index in [1.807, 2.05) is 13.8 Å². The van der Waals surface area contributed by atoms with Crippen molar-refractivity contribution in [1.82, 2.24) is 10.6 Å². The molecule has 3 unspecified atom stereocenters. The zero-order valence-corrected chi connectivity index (χ0v) is 24.7. The Bertz CT molecular complexity index is 825. The smallest absolute Gasteiger partial charge is 0.325 e. The van der Waals surface area contributed by atoms with Gasteiger partial charge in [0.1, 0.15) is 18.6 Å². The average molecular weight is 592 g/mol. The first-order valence-electron chi connectivity index (χ1n) is 13.6. The van der Waals surface area contributed by atoms with Crippen LogP contribution in [0.3, 0.4) is 0 Å². The largest absolute Gasteiger partial charge is 0.480 e. The van der Waals surface area contributed by atoms with Crippen molar-refractivity contribution in [1.29, 1.82) is 0 Å². The zero-order valence-electron chi connectivity index (χ0n) is 23.9. The third kappa shape index (κ3) is 18.4. The van der Waals surface area contributed by atoms with E-state index < -0.39 is 60.2 Å². The van der Waals surface area contributed by atoms with E-state index in [4.69, 9.17) is 25.1 Å². The second kappa shape index (κ2) is 21.9. The number of thioether (sulfide) groups is 1. The van der Waals surface area contributed by atoms with Crippen LogP contribution in [0.2, 0.25) is 0 Å². The molecule has 0 aromatic carbocycles. The molecule has 0 aliphatic heterocycles. The number of carbonyl (C=O) groups excluding carboxylic acids is 5. The highest BCUT2D eigenvalue weighted by Gasteiger charge is 2.27. The van der Waals surface area contributed by atoms with E-state index in [0.717, 1.165) is 24.6 Å². The molecule has 2 amide bonds. The molecule has 0 aromatic rings. The number of hydrogen-bond donors (Lipinski definition) is 4. The molecular weight excluding hydrogens is 546 g/mol. The molecule has 0 aromatic heterocycles. The minimum atomic E-state index is -1.26. The number of nitrogens with one attached hydrogen (secondary N) is 2. The normalized spacial score (nSPS) is 13.1. The van der Waals surface area contributed by atoms with Crippen molar-refractivity contribution >= 4 is 47.5 Å². The Balaban J connectivity index is 5.31. The van der Waals surface area contributed by atoms with E-state index in [1.165, 1.54) is 0 Å². The number of aliphatic carboxylic acids is 1. The van der Waals surface area contributed by atoms with Gasteiger partial charge in [0.15, 0.2) is 0 Å². The Morgan fingerprint density at radius 3 is 2.12 bits per heavy atom. The Morgan fingerprint density at radius 2 is 1.55 bits per heavy atom. The van der Waals surface area contributed by atoms with E-state index >= 15 is 0 Å². The van der Waals surface area contributed by atoms with Crippen LogP contribution in [0.4, 0.5) is 0 Å². The van der Waals surface area contributed by atoms with Crippen LogP contribution in [0.25, 0.3) is 0 Å². The van der Waals surface area contributed by atoms with Crippen molar-refractivity contribution in [3.05, 3.63) is 0 Å². The van der Waals surface area contributed by atoms with Crippen LogP contribution in [0, 0.1) is 5.92 Å². The Labute approximate surface area is 240 Å². The number of rotatable bonds is 22. The molecule has 0 aliphatic rings. The Morgan fingerprint density at radius 1 is 0.925 bits per heavy atom. The number of esters is 3. The highest BCUT2D eigenvalue weighted by Crippen LogP contribution is 2.17. The summed E-state index contributed by atoms with van der Waals surface area (Å²) in [7, 11) is 0. The molecule has 0 bridgehead atoms. The molecule has 40 heavy (non-hydrogen) atoms. The van der Waals surface area contributed by atoms with Crippen molar-refractivity contribution in [3.63, 3.8) is 0 Å². The fourth-order valence-electron chi connectivity index (χ4n) is 3.01. The minimum absolute atomic E-state index is 0.00852. The quantitative estimate of drug-likeness (QED) is 0.0796. The second-order valence-electron chi connectivity index (χ2n) is 9.39. The summed E-state index contributed by atoms with van der Waals surface area (Å²) in [5, 5.41) is 13.8. The van der Waals surface area contributed by atoms with Gasteiger partial charge in [-0.25, -0.2) is 0 Å². The first kappa shape index (κ1) is 37.1. The highest BCUT2D eigenvalue weighted by atomic mass is 32.2. The van der Waals surface area contributed by atoms with Gasteiger partial charge in [-0.05, 0) is 33.1 Å². The predicted molar refractivity (Wildman–Crippen MR) is 148 cm³/mol. The lowest BCUT2D eigenvalue weighted by Crippen LogP contribution is -2.50. The summed E-state index contributed by atoms with van der Waals surface area (Å²) >= 11 is 1.13. The summed E-state index contributed by atoms with van der Waals surface area (Å²) in [4.78, 5) is 72.9. The van der Waals surface area contributed by atoms with E-state index in [-0.39, 0.29) is 50.1 Å². The number of ether oxygens (including phenoxy) is 3. The van der Waals surface area contributed by atoms with Crippen molar-refractivity contribution in [3.8, 4) is 0 Å². The fourth-order valence-corrected chi connectivity index (χ4v) is 4.16. The molecule has 0 heterocycles. The molecule has 0 spiro atoms. The molecule has 230 valence electrons. The maximum Gasteiger partial charge on any atom is 0.325 e. The van der Waals surface area contributed by atoms with Crippen molar-refractivity contribution in [2.75, 3.05) is 31.3 Å². The number of unbranched alkanes of at least 4 members (excludes halogenated alkanes) is 2. The summed E-state index contributed by atoms with van der Waals surface area (Å²) in [6.45, 7) is 7.26. The number of amides is 2. The standard InChI is InChI=1S/C26H45N3O10S/c1-5-7-11-37-22(31)13-18(26(36)38-12-8-6-2)15-40-16-20(24(33)28-14-23(32)39-17(3)4)29-21(30)10-9-19(27)25(34)35/h17-20H,5-16,27H2,1-4H3,(H,28,33)(H,29,30)(H,34,35). The highest BCUT2D eigenvalue weighted by molar-refractivity contribution is 7.99. The monoisotopic (exact) mass is 591 g/mol. The SMILES string of the molecule is CCCCOC(=O)CC(CSCC(NC(=O)CCC(N)C(=O)O)C(=O)NCC(=O)OC(C)C)C(=O)OCCCC. The molecule has 3 atom stereocenters. The lowest BCUT2D eigenvalue weighted by Gasteiger charge is -2.20. The number of carboxylic acid groups (broad SMARTS) is 1. The minimum Gasteiger partial charge on any atom is -0.480 e. The van der Waals surface area contributed by atoms with Crippen LogP contribution in [0.15, 0.2) is 0 Å². The first-order chi connectivity index (χ1) is 18.9. The number of carbonyl (C=O) groups is 6. The Kier molecular flexibility index (Phi) is 20.3. The molecule has 0 fully saturated rings. The maximum atomic E-state index is 12.8. The van der Waals surface area contributed by atoms with Gasteiger partial charge >= 0.3 is 23.9 Å². The second-order valence-corrected chi connectivity index (χ2v) is 10.5. The fraction of sp³-hybridized carbons (Fsp3) is 0.769.